The van der Waals surface area contributed by atoms with Gasteiger partial charge >= 0.3 is 18.0 Å². The van der Waals surface area contributed by atoms with Gasteiger partial charge in [0.1, 0.15) is 11.6 Å². The molecule has 1 amide bonds. The number of aliphatic carboxylic acids is 1. The van der Waals surface area contributed by atoms with Crippen molar-refractivity contribution in [3.63, 3.8) is 0 Å². The maximum Gasteiger partial charge on any atom is 0.408 e. The predicted octanol–water partition coefficient (Wildman–Crippen LogP) is 6.38. The molecule has 0 saturated heterocycles. The summed E-state index contributed by atoms with van der Waals surface area (Å²) in [6.07, 6.45) is 14.4. The van der Waals surface area contributed by atoms with Crippen LogP contribution < -0.4 is 5.32 Å². The minimum atomic E-state index is -0.939. The lowest BCUT2D eigenvalue weighted by Crippen LogP contribution is -2.44. The second kappa shape index (κ2) is 18.8. The number of alkyl carbamates (subject to hydrolysis) is 1. The summed E-state index contributed by atoms with van der Waals surface area (Å²) in [5, 5.41) is 11.3. The van der Waals surface area contributed by atoms with Crippen LogP contribution in [-0.4, -0.2) is 41.4 Å². The van der Waals surface area contributed by atoms with Crippen LogP contribution in [-0.2, 0) is 19.1 Å². The summed E-state index contributed by atoms with van der Waals surface area (Å²) in [6.45, 7) is 7.75. The van der Waals surface area contributed by atoms with Gasteiger partial charge in [-0.05, 0) is 40.0 Å². The minimum absolute atomic E-state index is 0.0709. The zero-order chi connectivity index (χ0) is 24.2. The number of carboxylic acid groups (broad SMARTS) is 1. The third-order valence-corrected chi connectivity index (χ3v) is 5.10. The summed E-state index contributed by atoms with van der Waals surface area (Å²) in [7, 11) is 0. The van der Waals surface area contributed by atoms with E-state index in [0.717, 1.165) is 19.3 Å². The summed E-state index contributed by atoms with van der Waals surface area (Å²) in [4.78, 5) is 35.1. The number of ether oxygens (including phenoxy) is 2. The molecule has 0 bridgehead atoms. The van der Waals surface area contributed by atoms with Crippen molar-refractivity contribution in [3.05, 3.63) is 0 Å². The predicted molar refractivity (Wildman–Crippen MR) is 127 cm³/mol. The standard InChI is InChI=1S/C25H47NO6/c1-5-6-7-8-9-10-11-12-13-14-15-16-20-31-23(29)21(18-17-19-22(27)28)26-24(30)32-25(2,3)4/h21H,5-20H2,1-4H3,(H,26,30)(H,27,28)/t21-/m0/s1. The van der Waals surface area contributed by atoms with Crippen molar-refractivity contribution < 1.29 is 29.0 Å². The number of hydrogen-bond acceptors (Lipinski definition) is 5. The third kappa shape index (κ3) is 20.1. The summed E-state index contributed by atoms with van der Waals surface area (Å²) in [6, 6.07) is -0.901. The molecular formula is C25H47NO6. The molecule has 0 aliphatic rings. The van der Waals surface area contributed by atoms with Crippen molar-refractivity contribution in [1.29, 1.82) is 0 Å². The number of hydrogen-bond donors (Lipinski definition) is 2. The molecule has 32 heavy (non-hydrogen) atoms. The highest BCUT2D eigenvalue weighted by molar-refractivity contribution is 5.81. The van der Waals surface area contributed by atoms with Crippen LogP contribution >= 0.6 is 0 Å². The maximum absolute atomic E-state index is 12.4. The molecule has 0 radical (unpaired) electrons. The number of carboxylic acids is 1. The topological polar surface area (TPSA) is 102 Å². The van der Waals surface area contributed by atoms with Crippen LogP contribution in [0.2, 0.25) is 0 Å². The molecule has 0 aliphatic heterocycles. The second-order valence-electron chi connectivity index (χ2n) is 9.54. The highest BCUT2D eigenvalue weighted by atomic mass is 16.6. The summed E-state index contributed by atoms with van der Waals surface area (Å²) >= 11 is 0. The second-order valence-corrected chi connectivity index (χ2v) is 9.54. The van der Waals surface area contributed by atoms with Gasteiger partial charge in [0.2, 0.25) is 0 Å². The Hall–Kier alpha value is -1.79. The van der Waals surface area contributed by atoms with E-state index in [1.54, 1.807) is 20.8 Å². The van der Waals surface area contributed by atoms with Gasteiger partial charge in [-0.25, -0.2) is 9.59 Å². The van der Waals surface area contributed by atoms with Gasteiger partial charge in [-0.3, -0.25) is 4.79 Å². The first-order chi connectivity index (χ1) is 15.2. The average Bonchev–Trinajstić information content (AvgIpc) is 2.69. The van der Waals surface area contributed by atoms with Crippen molar-refractivity contribution in [1.82, 2.24) is 5.32 Å². The first-order valence-corrected chi connectivity index (χ1v) is 12.5. The molecule has 7 nitrogen and oxygen atoms in total. The van der Waals surface area contributed by atoms with Gasteiger partial charge < -0.3 is 19.9 Å². The zero-order valence-corrected chi connectivity index (χ0v) is 20.9. The van der Waals surface area contributed by atoms with Crippen LogP contribution in [0.25, 0.3) is 0 Å². The van der Waals surface area contributed by atoms with Crippen molar-refractivity contribution in [2.75, 3.05) is 6.61 Å². The van der Waals surface area contributed by atoms with Crippen LogP contribution in [0.4, 0.5) is 4.79 Å². The minimum Gasteiger partial charge on any atom is -0.481 e. The normalized spacial score (nSPS) is 12.2. The van der Waals surface area contributed by atoms with Crippen molar-refractivity contribution in [2.24, 2.45) is 0 Å². The molecule has 188 valence electrons. The number of carbonyl (C=O) groups excluding carboxylic acids is 2. The van der Waals surface area contributed by atoms with Crippen molar-refractivity contribution >= 4 is 18.0 Å². The highest BCUT2D eigenvalue weighted by Crippen LogP contribution is 2.13. The molecular weight excluding hydrogens is 410 g/mol. The fourth-order valence-electron chi connectivity index (χ4n) is 3.37. The van der Waals surface area contributed by atoms with E-state index >= 15 is 0 Å². The van der Waals surface area contributed by atoms with Gasteiger partial charge in [0, 0.05) is 6.42 Å². The quantitative estimate of drug-likeness (QED) is 0.172. The van der Waals surface area contributed by atoms with Crippen LogP contribution in [0.1, 0.15) is 124 Å². The van der Waals surface area contributed by atoms with Gasteiger partial charge in [-0.1, -0.05) is 77.6 Å². The third-order valence-electron chi connectivity index (χ3n) is 5.10. The molecule has 0 spiro atoms. The largest absolute Gasteiger partial charge is 0.481 e. The first-order valence-electron chi connectivity index (χ1n) is 12.5. The first kappa shape index (κ1) is 30.2. The van der Waals surface area contributed by atoms with E-state index in [4.69, 9.17) is 14.6 Å². The van der Waals surface area contributed by atoms with Crippen LogP contribution in [0.3, 0.4) is 0 Å². The number of carbonyl (C=O) groups is 3. The lowest BCUT2D eigenvalue weighted by Gasteiger charge is -2.23. The van der Waals surface area contributed by atoms with Gasteiger partial charge in [-0.15, -0.1) is 0 Å². The van der Waals surface area contributed by atoms with Crippen LogP contribution in [0, 0.1) is 0 Å². The Morgan fingerprint density at radius 2 is 1.31 bits per heavy atom. The van der Waals surface area contributed by atoms with E-state index in [1.165, 1.54) is 57.8 Å². The summed E-state index contributed by atoms with van der Waals surface area (Å²) in [5.41, 5.74) is -0.686. The smallest absolute Gasteiger partial charge is 0.408 e. The molecule has 0 heterocycles. The Balaban J connectivity index is 4.01. The molecule has 0 fully saturated rings. The highest BCUT2D eigenvalue weighted by Gasteiger charge is 2.25. The van der Waals surface area contributed by atoms with Gasteiger partial charge in [0.15, 0.2) is 0 Å². The summed E-state index contributed by atoms with van der Waals surface area (Å²) in [5.74, 6) is -1.48. The number of esters is 1. The molecule has 0 rings (SSSR count). The van der Waals surface area contributed by atoms with E-state index < -0.39 is 29.7 Å². The molecule has 0 aromatic rings. The molecule has 0 aromatic heterocycles. The van der Waals surface area contributed by atoms with Gasteiger partial charge in [0.05, 0.1) is 6.61 Å². The average molecular weight is 458 g/mol. The van der Waals surface area contributed by atoms with Crippen molar-refractivity contribution in [2.45, 2.75) is 136 Å². The van der Waals surface area contributed by atoms with E-state index in [-0.39, 0.29) is 19.3 Å². The lowest BCUT2D eigenvalue weighted by atomic mass is 10.1. The SMILES string of the molecule is CCCCCCCCCCCCCCOC(=O)[C@H](CCCC(=O)O)NC(=O)OC(C)(C)C. The Kier molecular flexibility index (Phi) is 17.7. The van der Waals surface area contributed by atoms with Crippen molar-refractivity contribution in [3.8, 4) is 0 Å². The molecule has 2 N–H and O–H groups in total. The number of unbranched alkanes of at least 4 members (excludes halogenated alkanes) is 11. The lowest BCUT2D eigenvalue weighted by molar-refractivity contribution is -0.147. The Morgan fingerprint density at radius 3 is 1.78 bits per heavy atom. The fraction of sp³-hybridized carbons (Fsp3) is 0.880. The van der Waals surface area contributed by atoms with Crippen LogP contribution in [0.5, 0.6) is 0 Å². The fourth-order valence-corrected chi connectivity index (χ4v) is 3.37. The molecule has 0 aromatic carbocycles. The summed E-state index contributed by atoms with van der Waals surface area (Å²) < 4.78 is 10.5. The maximum atomic E-state index is 12.4. The van der Waals surface area contributed by atoms with E-state index in [9.17, 15) is 14.4 Å². The Labute approximate surface area is 195 Å². The Bertz CT molecular complexity index is 515. The number of amides is 1. The van der Waals surface area contributed by atoms with Crippen LogP contribution in [0.15, 0.2) is 0 Å². The van der Waals surface area contributed by atoms with Gasteiger partial charge in [-0.2, -0.15) is 0 Å². The van der Waals surface area contributed by atoms with Gasteiger partial charge in [0.25, 0.3) is 0 Å². The van der Waals surface area contributed by atoms with E-state index in [2.05, 4.69) is 12.2 Å². The Morgan fingerprint density at radius 1 is 0.812 bits per heavy atom. The molecule has 0 unspecified atom stereocenters. The zero-order valence-electron chi connectivity index (χ0n) is 20.9. The monoisotopic (exact) mass is 457 g/mol. The molecule has 7 heteroatoms. The number of rotatable bonds is 19. The molecule has 0 aliphatic carbocycles. The molecule has 0 saturated carbocycles. The molecule has 1 atom stereocenters. The van der Waals surface area contributed by atoms with E-state index in [1.807, 2.05) is 0 Å². The number of nitrogens with one attached hydrogen (secondary N) is 1. The van der Waals surface area contributed by atoms with E-state index in [0.29, 0.717) is 6.61 Å².